The number of aryl methyl sites for hydroxylation is 2. The minimum absolute atomic E-state index is 0.760. The van der Waals surface area contributed by atoms with E-state index in [4.69, 9.17) is 0 Å². The molecule has 3 rings (SSSR count). The number of benzene rings is 1. The van der Waals surface area contributed by atoms with Gasteiger partial charge in [0.05, 0.1) is 10.5 Å². The highest BCUT2D eigenvalue weighted by atomic mass is 31.0. The van der Waals surface area contributed by atoms with Gasteiger partial charge in [-0.15, -0.1) is 0 Å². The summed E-state index contributed by atoms with van der Waals surface area (Å²) in [5.41, 5.74) is 4.04. The summed E-state index contributed by atoms with van der Waals surface area (Å²) in [6, 6.07) is 11.2. The van der Waals surface area contributed by atoms with Crippen LogP contribution in [0.2, 0.25) is 0 Å². The van der Waals surface area contributed by atoms with Gasteiger partial charge in [0.1, 0.15) is 8.35 Å². The molecule has 0 aliphatic carbocycles. The third kappa shape index (κ3) is 1.35. The lowest BCUT2D eigenvalue weighted by Gasteiger charge is -1.90. The van der Waals surface area contributed by atoms with E-state index in [0.717, 1.165) is 8.35 Å². The summed E-state index contributed by atoms with van der Waals surface area (Å²) in [7, 11) is 0.760. The second kappa shape index (κ2) is 3.08. The Morgan fingerprint density at radius 1 is 1.00 bits per heavy atom. The summed E-state index contributed by atoms with van der Waals surface area (Å²) >= 11 is 0. The van der Waals surface area contributed by atoms with E-state index in [0.29, 0.717) is 0 Å². The molecule has 0 aliphatic rings. The summed E-state index contributed by atoms with van der Waals surface area (Å²) < 4.78 is 2.34. The van der Waals surface area contributed by atoms with Gasteiger partial charge in [-0.25, -0.2) is 0 Å². The van der Waals surface area contributed by atoms with Crippen LogP contribution in [0.4, 0.5) is 0 Å². The SMILES string of the molecule is Cc1ccc2[pH][n+]3ccc(C)cc3c2c1. The lowest BCUT2D eigenvalue weighted by molar-refractivity contribution is -0.428. The van der Waals surface area contributed by atoms with Gasteiger partial charge >= 0.3 is 0 Å². The second-order valence-corrected chi connectivity index (χ2v) is 5.36. The number of fused-ring (bicyclic) bond motifs is 3. The Kier molecular flexibility index (Phi) is 1.83. The van der Waals surface area contributed by atoms with Crippen LogP contribution in [0.5, 0.6) is 0 Å². The molecule has 2 aromatic heterocycles. The first-order chi connectivity index (χ1) is 7.24. The zero-order valence-corrected chi connectivity index (χ0v) is 9.91. The number of nitrogens with zero attached hydrogens (tertiary/aromatic N) is 1. The van der Waals surface area contributed by atoms with Crippen molar-refractivity contribution in [2.45, 2.75) is 13.8 Å². The van der Waals surface area contributed by atoms with Gasteiger partial charge in [-0.3, -0.25) is 0 Å². The zero-order valence-electron chi connectivity index (χ0n) is 8.91. The van der Waals surface area contributed by atoms with E-state index in [9.17, 15) is 0 Å². The zero-order chi connectivity index (χ0) is 10.4. The van der Waals surface area contributed by atoms with Crippen molar-refractivity contribution in [3.05, 3.63) is 47.7 Å². The molecule has 2 heteroatoms. The van der Waals surface area contributed by atoms with E-state index < -0.39 is 0 Å². The number of rotatable bonds is 0. The minimum Gasteiger partial charge on any atom is -0.160 e. The number of aromatic nitrogens is 1. The number of hydrogen-bond acceptors (Lipinski definition) is 0. The first kappa shape index (κ1) is 8.94. The highest BCUT2D eigenvalue weighted by Crippen LogP contribution is 2.26. The van der Waals surface area contributed by atoms with E-state index in [2.05, 4.69) is 54.5 Å². The Labute approximate surface area is 90.5 Å². The van der Waals surface area contributed by atoms with Crippen LogP contribution in [-0.2, 0) is 0 Å². The maximum atomic E-state index is 2.34. The summed E-state index contributed by atoms with van der Waals surface area (Å²) in [5.74, 6) is 0. The molecule has 3 aromatic rings. The van der Waals surface area contributed by atoms with E-state index >= 15 is 0 Å². The molecular formula is C13H13NP+. The maximum absolute atomic E-state index is 2.34. The highest BCUT2D eigenvalue weighted by Gasteiger charge is 2.10. The Balaban J connectivity index is 2.55. The van der Waals surface area contributed by atoms with Crippen LogP contribution in [0.15, 0.2) is 36.5 Å². The molecule has 1 unspecified atom stereocenters. The summed E-state index contributed by atoms with van der Waals surface area (Å²) in [5, 5.41) is 2.88. The van der Waals surface area contributed by atoms with E-state index in [1.165, 1.54) is 27.1 Å². The van der Waals surface area contributed by atoms with E-state index in [1.54, 1.807) is 0 Å². The topological polar surface area (TPSA) is 4.10 Å². The van der Waals surface area contributed by atoms with Gasteiger partial charge in [0.25, 0.3) is 0 Å². The first-order valence-electron chi connectivity index (χ1n) is 5.14. The molecule has 74 valence electrons. The predicted molar refractivity (Wildman–Crippen MR) is 66.1 cm³/mol. The van der Waals surface area contributed by atoms with Crippen LogP contribution >= 0.6 is 8.35 Å². The van der Waals surface area contributed by atoms with Crippen molar-refractivity contribution in [1.82, 2.24) is 0 Å². The third-order valence-electron chi connectivity index (χ3n) is 2.80. The van der Waals surface area contributed by atoms with Crippen molar-refractivity contribution in [2.75, 3.05) is 0 Å². The second-order valence-electron chi connectivity index (χ2n) is 4.12. The molecule has 1 atom stereocenters. The average molecular weight is 214 g/mol. The van der Waals surface area contributed by atoms with Gasteiger partial charge in [-0.05, 0) is 31.5 Å². The molecule has 0 saturated heterocycles. The number of hydrogen-bond donors (Lipinski definition) is 0. The predicted octanol–water partition coefficient (Wildman–Crippen LogP) is 3.23. The molecule has 15 heavy (non-hydrogen) atoms. The molecular weight excluding hydrogens is 201 g/mol. The molecule has 0 saturated carbocycles. The van der Waals surface area contributed by atoms with E-state index in [1.807, 2.05) is 0 Å². The average Bonchev–Trinajstić information content (AvgIpc) is 2.56. The van der Waals surface area contributed by atoms with Crippen LogP contribution in [-0.4, -0.2) is 0 Å². The fourth-order valence-corrected chi connectivity index (χ4v) is 3.20. The van der Waals surface area contributed by atoms with Crippen molar-refractivity contribution in [3.63, 3.8) is 0 Å². The Bertz CT molecular complexity index is 596. The first-order valence-corrected chi connectivity index (χ1v) is 6.09. The molecule has 2 heterocycles. The van der Waals surface area contributed by atoms with Crippen molar-refractivity contribution < 1.29 is 4.16 Å². The molecule has 0 bridgehead atoms. The Morgan fingerprint density at radius 3 is 2.67 bits per heavy atom. The van der Waals surface area contributed by atoms with Gasteiger partial charge in [0.2, 0.25) is 5.52 Å². The molecule has 0 fully saturated rings. The molecule has 0 N–H and O–H groups in total. The van der Waals surface area contributed by atoms with Crippen LogP contribution < -0.4 is 4.16 Å². The maximum Gasteiger partial charge on any atom is 0.220 e. The van der Waals surface area contributed by atoms with Crippen molar-refractivity contribution >= 4 is 24.4 Å². The van der Waals surface area contributed by atoms with Gasteiger partial charge in [-0.1, -0.05) is 11.6 Å². The van der Waals surface area contributed by atoms with Gasteiger partial charge in [0, 0.05) is 12.1 Å². The van der Waals surface area contributed by atoms with Gasteiger partial charge < -0.3 is 0 Å². The summed E-state index contributed by atoms with van der Waals surface area (Å²) in [6.07, 6.45) is 2.19. The summed E-state index contributed by atoms with van der Waals surface area (Å²) in [6.45, 7) is 4.31. The van der Waals surface area contributed by atoms with E-state index in [-0.39, 0.29) is 0 Å². The Morgan fingerprint density at radius 2 is 1.80 bits per heavy atom. The van der Waals surface area contributed by atoms with Crippen LogP contribution in [0.3, 0.4) is 0 Å². The standard InChI is InChI=1S/C13H13NP/c1-9-3-4-13-11(7-9)12-8-10(2)5-6-14(12)15-13/h3-8,15H,1-2H3/q+1. The lowest BCUT2D eigenvalue weighted by Crippen LogP contribution is -2.11. The fraction of sp³-hybridized carbons (Fsp3) is 0.154. The van der Waals surface area contributed by atoms with Crippen molar-refractivity contribution in [2.24, 2.45) is 0 Å². The molecule has 0 radical (unpaired) electrons. The fourth-order valence-electron chi connectivity index (χ4n) is 2.01. The normalized spacial score (nSPS) is 11.9. The van der Waals surface area contributed by atoms with Crippen LogP contribution in [0, 0.1) is 13.8 Å². The van der Waals surface area contributed by atoms with Gasteiger partial charge in [0.15, 0.2) is 6.20 Å². The number of pyridine rings is 1. The summed E-state index contributed by atoms with van der Waals surface area (Å²) in [4.78, 5) is 0. The quantitative estimate of drug-likeness (QED) is 0.541. The minimum atomic E-state index is 0.760. The molecule has 0 amide bonds. The smallest absolute Gasteiger partial charge is 0.160 e. The largest absolute Gasteiger partial charge is 0.220 e. The molecule has 1 nitrogen and oxygen atoms in total. The lowest BCUT2D eigenvalue weighted by atomic mass is 10.1. The monoisotopic (exact) mass is 214 g/mol. The Hall–Kier alpha value is -1.33. The third-order valence-corrected chi connectivity index (χ3v) is 4.11. The molecule has 1 aromatic carbocycles. The van der Waals surface area contributed by atoms with Gasteiger partial charge in [-0.2, -0.15) is 4.16 Å². The molecule has 0 aliphatic heterocycles. The van der Waals surface area contributed by atoms with Crippen LogP contribution in [0.25, 0.3) is 16.0 Å². The highest BCUT2D eigenvalue weighted by molar-refractivity contribution is 7.29. The molecule has 0 spiro atoms. The van der Waals surface area contributed by atoms with Crippen molar-refractivity contribution in [3.8, 4) is 0 Å². The van der Waals surface area contributed by atoms with Crippen LogP contribution in [0.1, 0.15) is 11.1 Å². The van der Waals surface area contributed by atoms with Crippen molar-refractivity contribution in [1.29, 1.82) is 0 Å².